The van der Waals surface area contributed by atoms with Gasteiger partial charge in [0.25, 0.3) is 0 Å². The Labute approximate surface area is 94.4 Å². The Morgan fingerprint density at radius 2 is 2.06 bits per heavy atom. The van der Waals surface area contributed by atoms with E-state index in [4.69, 9.17) is 4.74 Å². The monoisotopic (exact) mass is 221 g/mol. The molecule has 0 unspecified atom stereocenters. The summed E-state index contributed by atoms with van der Waals surface area (Å²) < 4.78 is 5.13. The highest BCUT2D eigenvalue weighted by atomic mass is 16.6. The third-order valence-electron chi connectivity index (χ3n) is 2.84. The summed E-state index contributed by atoms with van der Waals surface area (Å²) in [5, 5.41) is 9.75. The summed E-state index contributed by atoms with van der Waals surface area (Å²) in [7, 11) is 0. The van der Waals surface area contributed by atoms with Gasteiger partial charge in [0.05, 0.1) is 18.7 Å². The van der Waals surface area contributed by atoms with Gasteiger partial charge >= 0.3 is 6.09 Å². The van der Waals surface area contributed by atoms with Crippen LogP contribution in [0, 0.1) is 0 Å². The van der Waals surface area contributed by atoms with E-state index in [0.717, 1.165) is 0 Å². The van der Waals surface area contributed by atoms with Gasteiger partial charge in [0.1, 0.15) is 5.75 Å². The number of carbonyl (C=O) groups is 1. The lowest BCUT2D eigenvalue weighted by Gasteiger charge is -2.44. The first-order chi connectivity index (χ1) is 7.63. The van der Waals surface area contributed by atoms with E-state index in [1.165, 1.54) is 4.90 Å². The summed E-state index contributed by atoms with van der Waals surface area (Å²) in [4.78, 5) is 13.1. The molecule has 1 aromatic carbocycles. The lowest BCUT2D eigenvalue weighted by atomic mass is 9.92. The maximum atomic E-state index is 11.6. The zero-order valence-electron chi connectivity index (χ0n) is 9.22. The van der Waals surface area contributed by atoms with Crippen molar-refractivity contribution in [1.82, 2.24) is 4.90 Å². The second kappa shape index (κ2) is 4.14. The highest BCUT2D eigenvalue weighted by Crippen LogP contribution is 2.25. The van der Waals surface area contributed by atoms with Crippen LogP contribution >= 0.6 is 0 Å². The summed E-state index contributed by atoms with van der Waals surface area (Å²) >= 11 is 0. The van der Waals surface area contributed by atoms with Gasteiger partial charge < -0.3 is 14.7 Å². The molecule has 0 atom stereocenters. The molecule has 0 aromatic heterocycles. The molecule has 1 heterocycles. The number of rotatable bonds is 2. The number of benzene rings is 1. The third kappa shape index (κ3) is 2.17. The van der Waals surface area contributed by atoms with Crippen LogP contribution in [0.2, 0.25) is 0 Å². The molecule has 16 heavy (non-hydrogen) atoms. The summed E-state index contributed by atoms with van der Waals surface area (Å²) in [6.07, 6.45) is 0.256. The van der Waals surface area contributed by atoms with Gasteiger partial charge in [0.2, 0.25) is 0 Å². The number of para-hydroxylation sites is 1. The van der Waals surface area contributed by atoms with Gasteiger partial charge in [0, 0.05) is 0 Å². The predicted octanol–water partition coefficient (Wildman–Crippen LogP) is 1.64. The Morgan fingerprint density at radius 3 is 2.62 bits per heavy atom. The van der Waals surface area contributed by atoms with E-state index in [1.54, 1.807) is 24.3 Å². The minimum absolute atomic E-state index is 0.356. The minimum atomic E-state index is -0.713. The van der Waals surface area contributed by atoms with Gasteiger partial charge in [0.15, 0.2) is 0 Å². The number of amides is 1. The second-order valence-electron chi connectivity index (χ2n) is 4.11. The van der Waals surface area contributed by atoms with Crippen molar-refractivity contribution >= 4 is 6.09 Å². The summed E-state index contributed by atoms with van der Waals surface area (Å²) in [5.41, 5.74) is -0.713. The number of likely N-dealkylation sites (tertiary alicyclic amines) is 1. The fourth-order valence-corrected chi connectivity index (χ4v) is 1.67. The number of ether oxygens (including phenoxy) is 1. The molecule has 0 spiro atoms. The van der Waals surface area contributed by atoms with Crippen LogP contribution in [0.1, 0.15) is 13.3 Å². The van der Waals surface area contributed by atoms with Gasteiger partial charge in [-0.05, 0) is 18.6 Å². The number of carbonyl (C=O) groups excluding carboxylic acids is 1. The SMILES string of the molecule is CCC1(O)CN(C(=O)Oc2ccccc2)C1. The average Bonchev–Trinajstić information content (AvgIpc) is 2.26. The van der Waals surface area contributed by atoms with Crippen molar-refractivity contribution in [3.05, 3.63) is 30.3 Å². The predicted molar refractivity (Wildman–Crippen MR) is 59.3 cm³/mol. The first-order valence-electron chi connectivity index (χ1n) is 5.37. The minimum Gasteiger partial charge on any atom is -0.410 e. The Morgan fingerprint density at radius 1 is 1.44 bits per heavy atom. The van der Waals surface area contributed by atoms with Crippen LogP contribution < -0.4 is 4.74 Å². The fraction of sp³-hybridized carbons (Fsp3) is 0.417. The van der Waals surface area contributed by atoms with Crippen LogP contribution in [-0.4, -0.2) is 34.8 Å². The van der Waals surface area contributed by atoms with Gasteiger partial charge in [-0.15, -0.1) is 0 Å². The highest BCUT2D eigenvalue weighted by Gasteiger charge is 2.42. The van der Waals surface area contributed by atoms with Crippen molar-refractivity contribution in [2.24, 2.45) is 0 Å². The average molecular weight is 221 g/mol. The van der Waals surface area contributed by atoms with E-state index in [1.807, 2.05) is 13.0 Å². The molecule has 2 rings (SSSR count). The summed E-state index contributed by atoms with van der Waals surface area (Å²) in [5.74, 6) is 0.527. The highest BCUT2D eigenvalue weighted by molar-refractivity contribution is 5.72. The Kier molecular flexibility index (Phi) is 2.83. The fourth-order valence-electron chi connectivity index (χ4n) is 1.67. The molecule has 1 aliphatic rings. The van der Waals surface area contributed by atoms with Crippen LogP contribution in [0.5, 0.6) is 5.75 Å². The van der Waals surface area contributed by atoms with Crippen LogP contribution in [-0.2, 0) is 0 Å². The molecule has 1 saturated heterocycles. The van der Waals surface area contributed by atoms with Crippen molar-refractivity contribution in [3.8, 4) is 5.75 Å². The molecule has 4 heteroatoms. The molecule has 1 aliphatic heterocycles. The molecule has 1 N–H and O–H groups in total. The van der Waals surface area contributed by atoms with Gasteiger partial charge in [-0.2, -0.15) is 0 Å². The first kappa shape index (κ1) is 11.0. The lowest BCUT2D eigenvalue weighted by molar-refractivity contribution is -0.0845. The standard InChI is InChI=1S/C12H15NO3/c1-2-12(15)8-13(9-12)11(14)16-10-6-4-3-5-7-10/h3-7,15H,2,8-9H2,1H3. The van der Waals surface area contributed by atoms with Crippen LogP contribution in [0.4, 0.5) is 4.79 Å². The lowest BCUT2D eigenvalue weighted by Crippen LogP contribution is -2.63. The topological polar surface area (TPSA) is 49.8 Å². The van der Waals surface area contributed by atoms with Crippen LogP contribution in [0.3, 0.4) is 0 Å². The van der Waals surface area contributed by atoms with Crippen molar-refractivity contribution in [3.63, 3.8) is 0 Å². The van der Waals surface area contributed by atoms with E-state index in [9.17, 15) is 9.90 Å². The zero-order valence-corrected chi connectivity index (χ0v) is 9.22. The second-order valence-corrected chi connectivity index (χ2v) is 4.11. The summed E-state index contributed by atoms with van der Waals surface area (Å²) in [6.45, 7) is 2.62. The number of β-amino-alcohol motifs (C(OH)–C–C–N with tert-alkyl or cyclic N) is 1. The number of aliphatic hydroxyl groups is 1. The normalized spacial score (nSPS) is 17.8. The summed E-state index contributed by atoms with van der Waals surface area (Å²) in [6, 6.07) is 8.92. The molecule has 0 radical (unpaired) electrons. The van der Waals surface area contributed by atoms with Crippen molar-refractivity contribution in [1.29, 1.82) is 0 Å². The number of hydrogen-bond donors (Lipinski definition) is 1. The maximum absolute atomic E-state index is 11.6. The van der Waals surface area contributed by atoms with Crippen molar-refractivity contribution in [2.45, 2.75) is 18.9 Å². The molecule has 1 amide bonds. The molecular weight excluding hydrogens is 206 g/mol. The molecule has 0 saturated carbocycles. The Balaban J connectivity index is 1.87. The first-order valence-corrected chi connectivity index (χ1v) is 5.37. The molecule has 86 valence electrons. The number of nitrogens with zero attached hydrogens (tertiary/aromatic N) is 1. The quantitative estimate of drug-likeness (QED) is 0.826. The largest absolute Gasteiger partial charge is 0.415 e. The van der Waals surface area contributed by atoms with Crippen LogP contribution in [0.25, 0.3) is 0 Å². The van der Waals surface area contributed by atoms with Gasteiger partial charge in [-0.25, -0.2) is 4.79 Å². The third-order valence-corrected chi connectivity index (χ3v) is 2.84. The smallest absolute Gasteiger partial charge is 0.410 e. The maximum Gasteiger partial charge on any atom is 0.415 e. The van der Waals surface area contributed by atoms with E-state index >= 15 is 0 Å². The van der Waals surface area contributed by atoms with E-state index in [0.29, 0.717) is 25.3 Å². The number of hydrogen-bond acceptors (Lipinski definition) is 3. The van der Waals surface area contributed by atoms with E-state index in [-0.39, 0.29) is 0 Å². The van der Waals surface area contributed by atoms with Gasteiger partial charge in [-0.3, -0.25) is 0 Å². The van der Waals surface area contributed by atoms with E-state index in [2.05, 4.69) is 0 Å². The van der Waals surface area contributed by atoms with Crippen LogP contribution in [0.15, 0.2) is 30.3 Å². The Bertz CT molecular complexity index is 371. The molecule has 0 aliphatic carbocycles. The van der Waals surface area contributed by atoms with E-state index < -0.39 is 11.7 Å². The molecule has 0 bridgehead atoms. The molecule has 1 aromatic rings. The molecule has 4 nitrogen and oxygen atoms in total. The molecule has 1 fully saturated rings. The molecular formula is C12H15NO3. The zero-order chi connectivity index (χ0) is 11.6. The van der Waals surface area contributed by atoms with Crippen molar-refractivity contribution in [2.75, 3.05) is 13.1 Å². The van der Waals surface area contributed by atoms with Crippen molar-refractivity contribution < 1.29 is 14.6 Å². The Hall–Kier alpha value is -1.55. The van der Waals surface area contributed by atoms with Gasteiger partial charge in [-0.1, -0.05) is 25.1 Å².